The number of rotatable bonds is 2. The number of esters is 1. The quantitative estimate of drug-likeness (QED) is 0.599. The first-order chi connectivity index (χ1) is 7.95. The van der Waals surface area contributed by atoms with Gasteiger partial charge in [0.25, 0.3) is 5.67 Å². The maximum Gasteiger partial charge on any atom is 0.356 e. The second kappa shape index (κ2) is 5.70. The first kappa shape index (κ1) is 13.5. The fraction of sp³-hybridized carbons (Fsp3) is 0.308. The van der Waals surface area contributed by atoms with E-state index in [4.69, 9.17) is 11.6 Å². The molecule has 17 heavy (non-hydrogen) atoms. The molecule has 1 atom stereocenters. The molecule has 0 aliphatic carbocycles. The largest absolute Gasteiger partial charge is 0.463 e. The van der Waals surface area contributed by atoms with Crippen LogP contribution in [0.25, 0.3) is 0 Å². The average Bonchev–Trinajstić information content (AvgIpc) is 2.29. The summed E-state index contributed by atoms with van der Waals surface area (Å²) < 4.78 is 18.3. The lowest BCUT2D eigenvalue weighted by Gasteiger charge is -2.10. The summed E-state index contributed by atoms with van der Waals surface area (Å²) in [6, 6.07) is 6.59. The minimum absolute atomic E-state index is 0.126. The van der Waals surface area contributed by atoms with Crippen LogP contribution in [0.2, 0.25) is 5.02 Å². The third-order valence-electron chi connectivity index (χ3n) is 1.94. The van der Waals surface area contributed by atoms with E-state index in [1.165, 1.54) is 0 Å². The molecule has 1 aromatic rings. The van der Waals surface area contributed by atoms with Gasteiger partial charge >= 0.3 is 5.97 Å². The minimum Gasteiger partial charge on any atom is -0.463 e. The van der Waals surface area contributed by atoms with Crippen molar-refractivity contribution in [1.29, 1.82) is 0 Å². The number of carbonyl (C=O) groups excluding carboxylic acids is 1. The molecule has 0 bridgehead atoms. The van der Waals surface area contributed by atoms with E-state index >= 15 is 0 Å². The fourth-order valence-electron chi connectivity index (χ4n) is 1.04. The number of carbonyl (C=O) groups is 1. The van der Waals surface area contributed by atoms with Gasteiger partial charge in [-0.3, -0.25) is 0 Å². The van der Waals surface area contributed by atoms with E-state index in [0.29, 0.717) is 10.6 Å². The van der Waals surface area contributed by atoms with Crippen LogP contribution in [0, 0.1) is 11.8 Å². The lowest BCUT2D eigenvalue weighted by molar-refractivity contribution is -0.152. The highest BCUT2D eigenvalue weighted by atomic mass is 35.5. The molecule has 0 N–H and O–H groups in total. The zero-order chi connectivity index (χ0) is 12.9. The fourth-order valence-corrected chi connectivity index (χ4v) is 1.17. The van der Waals surface area contributed by atoms with Crippen LogP contribution in [0.3, 0.4) is 0 Å². The van der Waals surface area contributed by atoms with Crippen LogP contribution >= 0.6 is 11.6 Å². The molecular weight excluding hydrogens is 243 g/mol. The van der Waals surface area contributed by atoms with Crippen molar-refractivity contribution in [2.24, 2.45) is 0 Å². The highest BCUT2D eigenvalue weighted by molar-refractivity contribution is 6.30. The molecule has 0 heterocycles. The van der Waals surface area contributed by atoms with Gasteiger partial charge in [0.2, 0.25) is 0 Å². The van der Waals surface area contributed by atoms with E-state index < -0.39 is 11.6 Å². The van der Waals surface area contributed by atoms with E-state index in [2.05, 4.69) is 16.6 Å². The number of benzene rings is 1. The predicted molar refractivity (Wildman–Crippen MR) is 64.5 cm³/mol. The molecule has 0 fully saturated rings. The minimum atomic E-state index is -2.30. The van der Waals surface area contributed by atoms with Crippen LogP contribution in [0.15, 0.2) is 24.3 Å². The zero-order valence-corrected chi connectivity index (χ0v) is 10.3. The average molecular weight is 255 g/mol. The summed E-state index contributed by atoms with van der Waals surface area (Å²) in [5, 5.41) is 0.573. The Morgan fingerprint density at radius 3 is 2.59 bits per heavy atom. The van der Waals surface area contributed by atoms with Crippen molar-refractivity contribution in [2.75, 3.05) is 6.61 Å². The maximum atomic E-state index is 13.8. The highest BCUT2D eigenvalue weighted by Crippen LogP contribution is 2.12. The van der Waals surface area contributed by atoms with Crippen LogP contribution in [-0.2, 0) is 9.53 Å². The third kappa shape index (κ3) is 4.08. The SMILES string of the molecule is CCOC(=O)C(C)(F)C#Cc1ccc(Cl)cc1. The molecule has 0 amide bonds. The Morgan fingerprint density at radius 2 is 2.06 bits per heavy atom. The Balaban J connectivity index is 2.83. The van der Waals surface area contributed by atoms with Crippen LogP contribution in [-0.4, -0.2) is 18.2 Å². The lowest BCUT2D eigenvalue weighted by Crippen LogP contribution is -2.30. The molecule has 1 aromatic carbocycles. The van der Waals surface area contributed by atoms with Gasteiger partial charge in [0.1, 0.15) is 0 Å². The van der Waals surface area contributed by atoms with Gasteiger partial charge in [0.05, 0.1) is 6.61 Å². The molecule has 1 unspecified atom stereocenters. The topological polar surface area (TPSA) is 26.3 Å². The third-order valence-corrected chi connectivity index (χ3v) is 2.20. The summed E-state index contributed by atoms with van der Waals surface area (Å²) in [4.78, 5) is 11.2. The van der Waals surface area contributed by atoms with Crippen molar-refractivity contribution in [3.63, 3.8) is 0 Å². The number of ether oxygens (including phenoxy) is 1. The Bertz CT molecular complexity index is 455. The van der Waals surface area contributed by atoms with Crippen molar-refractivity contribution in [2.45, 2.75) is 19.5 Å². The van der Waals surface area contributed by atoms with E-state index in [9.17, 15) is 9.18 Å². The van der Waals surface area contributed by atoms with Gasteiger partial charge in [-0.2, -0.15) is 0 Å². The van der Waals surface area contributed by atoms with Crippen LogP contribution < -0.4 is 0 Å². The van der Waals surface area contributed by atoms with Crippen molar-refractivity contribution in [3.8, 4) is 11.8 Å². The summed E-state index contributed by atoms with van der Waals surface area (Å²) in [7, 11) is 0. The van der Waals surface area contributed by atoms with Gasteiger partial charge in [-0.25, -0.2) is 9.18 Å². The highest BCUT2D eigenvalue weighted by Gasteiger charge is 2.32. The smallest absolute Gasteiger partial charge is 0.356 e. The van der Waals surface area contributed by atoms with E-state index in [0.717, 1.165) is 6.92 Å². The molecule has 0 aliphatic heterocycles. The molecule has 1 rings (SSSR count). The Hall–Kier alpha value is -1.53. The molecule has 2 nitrogen and oxygen atoms in total. The number of halogens is 2. The van der Waals surface area contributed by atoms with E-state index in [-0.39, 0.29) is 6.61 Å². The maximum absolute atomic E-state index is 13.8. The molecule has 4 heteroatoms. The van der Waals surface area contributed by atoms with E-state index in [1.807, 2.05) is 0 Å². The van der Waals surface area contributed by atoms with Gasteiger partial charge < -0.3 is 4.74 Å². The van der Waals surface area contributed by atoms with Crippen molar-refractivity contribution >= 4 is 17.6 Å². The van der Waals surface area contributed by atoms with Gasteiger partial charge in [0.15, 0.2) is 0 Å². The summed E-state index contributed by atoms with van der Waals surface area (Å²) in [5.74, 6) is 3.84. The normalized spacial score (nSPS) is 13.2. The molecule has 0 aromatic heterocycles. The first-order valence-electron chi connectivity index (χ1n) is 5.10. The van der Waals surface area contributed by atoms with Crippen molar-refractivity contribution in [3.05, 3.63) is 34.9 Å². The zero-order valence-electron chi connectivity index (χ0n) is 9.59. The van der Waals surface area contributed by atoms with Gasteiger partial charge in [0, 0.05) is 10.6 Å². The monoisotopic (exact) mass is 254 g/mol. The molecule has 0 saturated heterocycles. The van der Waals surface area contributed by atoms with Crippen LogP contribution in [0.1, 0.15) is 19.4 Å². The van der Waals surface area contributed by atoms with Crippen molar-refractivity contribution < 1.29 is 13.9 Å². The summed E-state index contributed by atoms with van der Waals surface area (Å²) in [6.07, 6.45) is 0. The predicted octanol–water partition coefficient (Wildman–Crippen LogP) is 2.98. The summed E-state index contributed by atoms with van der Waals surface area (Å²) in [5.41, 5.74) is -1.71. The Labute approximate surface area is 105 Å². The Kier molecular flexibility index (Phi) is 4.53. The first-order valence-corrected chi connectivity index (χ1v) is 5.48. The van der Waals surface area contributed by atoms with Gasteiger partial charge in [-0.1, -0.05) is 17.5 Å². The van der Waals surface area contributed by atoms with Crippen LogP contribution in [0.5, 0.6) is 0 Å². The Morgan fingerprint density at radius 1 is 1.47 bits per heavy atom. The molecule has 0 radical (unpaired) electrons. The van der Waals surface area contributed by atoms with Gasteiger partial charge in [-0.05, 0) is 44.0 Å². The second-order valence-electron chi connectivity index (χ2n) is 3.48. The molecule has 0 aliphatic rings. The number of hydrogen-bond donors (Lipinski definition) is 0. The van der Waals surface area contributed by atoms with Crippen LogP contribution in [0.4, 0.5) is 4.39 Å². The molecular formula is C13H12ClFO2. The van der Waals surface area contributed by atoms with E-state index in [1.54, 1.807) is 31.2 Å². The molecule has 0 saturated carbocycles. The second-order valence-corrected chi connectivity index (χ2v) is 3.92. The molecule has 0 spiro atoms. The van der Waals surface area contributed by atoms with Crippen molar-refractivity contribution in [1.82, 2.24) is 0 Å². The number of alkyl halides is 1. The number of hydrogen-bond acceptors (Lipinski definition) is 2. The van der Waals surface area contributed by atoms with Gasteiger partial charge in [-0.15, -0.1) is 0 Å². The standard InChI is InChI=1S/C13H12ClFO2/c1-3-17-12(16)13(2,15)9-8-10-4-6-11(14)7-5-10/h4-7H,3H2,1-2H3. The molecule has 90 valence electrons. The summed E-state index contributed by atoms with van der Waals surface area (Å²) in [6.45, 7) is 2.81. The summed E-state index contributed by atoms with van der Waals surface area (Å²) >= 11 is 5.70. The lowest BCUT2D eigenvalue weighted by atomic mass is 10.1.